The fourth-order valence-electron chi connectivity index (χ4n) is 5.39. The van der Waals surface area contributed by atoms with Gasteiger partial charge in [-0.2, -0.15) is 0 Å². The Morgan fingerprint density at radius 3 is 2.71 bits per heavy atom. The number of hydrogen-bond donors (Lipinski definition) is 2. The Labute approximate surface area is 186 Å². The Bertz CT molecular complexity index is 835. The number of halogens is 1. The van der Waals surface area contributed by atoms with Crippen LogP contribution < -0.4 is 0 Å². The van der Waals surface area contributed by atoms with Crippen molar-refractivity contribution in [1.82, 2.24) is 0 Å². The maximum absolute atomic E-state index is 12.5. The summed E-state index contributed by atoms with van der Waals surface area (Å²) in [5.74, 6) is -4.20. The number of rotatable bonds is 3. The van der Waals surface area contributed by atoms with E-state index in [1.165, 1.54) is 6.92 Å². The van der Waals surface area contributed by atoms with Gasteiger partial charge in [0.05, 0.1) is 24.5 Å². The number of ether oxygens (including phenoxy) is 4. The topological polar surface area (TPSA) is 112 Å². The molecule has 0 spiro atoms. The Morgan fingerprint density at radius 1 is 1.39 bits per heavy atom. The van der Waals surface area contributed by atoms with E-state index in [4.69, 9.17) is 30.5 Å². The van der Waals surface area contributed by atoms with Crippen LogP contribution in [0.1, 0.15) is 33.6 Å². The number of alkyl halides is 1. The molecule has 4 fully saturated rings. The molecule has 0 amide bonds. The Kier molecular flexibility index (Phi) is 5.34. The van der Waals surface area contributed by atoms with E-state index in [0.29, 0.717) is 6.42 Å². The van der Waals surface area contributed by atoms with Gasteiger partial charge in [0.1, 0.15) is 17.8 Å². The summed E-state index contributed by atoms with van der Waals surface area (Å²) in [6.07, 6.45) is -1.46. The first-order valence-electron chi connectivity index (χ1n) is 10.4. The van der Waals surface area contributed by atoms with Crippen LogP contribution in [0.15, 0.2) is 24.3 Å². The predicted octanol–water partition coefficient (Wildman–Crippen LogP) is 1.46. The summed E-state index contributed by atoms with van der Waals surface area (Å²) in [6.45, 7) is 12.9. The molecule has 172 valence electrons. The molecule has 0 radical (unpaired) electrons. The van der Waals surface area contributed by atoms with Crippen molar-refractivity contribution < 1.29 is 38.7 Å². The van der Waals surface area contributed by atoms with Gasteiger partial charge in [0.15, 0.2) is 11.4 Å². The van der Waals surface area contributed by atoms with E-state index in [9.17, 15) is 19.8 Å². The Hall–Kier alpha value is -1.45. The lowest BCUT2D eigenvalue weighted by molar-refractivity contribution is -0.335. The van der Waals surface area contributed by atoms with Crippen LogP contribution in [0.5, 0.6) is 0 Å². The molecule has 2 aliphatic carbocycles. The van der Waals surface area contributed by atoms with Gasteiger partial charge in [0, 0.05) is 17.9 Å². The number of hydrogen-bond acceptors (Lipinski definition) is 8. The average molecular weight is 457 g/mol. The van der Waals surface area contributed by atoms with Gasteiger partial charge in [-0.15, -0.1) is 11.6 Å². The van der Waals surface area contributed by atoms with Crippen molar-refractivity contribution in [3.05, 3.63) is 24.3 Å². The van der Waals surface area contributed by atoms with E-state index in [1.54, 1.807) is 13.8 Å². The second-order valence-corrected chi connectivity index (χ2v) is 10.1. The standard InChI is InChI=1S/C22H29ClO8/c1-10-6-13(29-19(25)21(5,26)8-23)15-11(2)18(24)30-17(15)16-12(10)7-14-22(16,27)9-28-20(3,4)31-14/h12-17,26-27H,1-2,6-9H2,3-5H3/t12-,13-,14-,15+,16-,17-,21+,22+/m0/s1. The molecule has 0 aromatic heterocycles. The van der Waals surface area contributed by atoms with Crippen LogP contribution in [0.2, 0.25) is 0 Å². The van der Waals surface area contributed by atoms with E-state index < -0.39 is 59.1 Å². The SMILES string of the molecule is C=C1C(=O)O[C@H]2[C@H]1[C@@H](OC(=O)[C@](C)(O)CCl)CC(=C)[C@@H]1C[C@@H]3OC(C)(C)OC[C@]3(O)[C@H]21. The largest absolute Gasteiger partial charge is 0.459 e. The van der Waals surface area contributed by atoms with E-state index in [2.05, 4.69) is 13.2 Å². The highest BCUT2D eigenvalue weighted by molar-refractivity contribution is 6.20. The summed E-state index contributed by atoms with van der Waals surface area (Å²) in [4.78, 5) is 25.0. The molecular weight excluding hydrogens is 428 g/mol. The van der Waals surface area contributed by atoms with Crippen molar-refractivity contribution in [1.29, 1.82) is 0 Å². The number of fused-ring (bicyclic) bond motifs is 5. The summed E-state index contributed by atoms with van der Waals surface area (Å²) in [5.41, 5.74) is -2.38. The van der Waals surface area contributed by atoms with Crippen molar-refractivity contribution in [2.24, 2.45) is 17.8 Å². The van der Waals surface area contributed by atoms with Crippen LogP contribution in [0, 0.1) is 17.8 Å². The maximum atomic E-state index is 12.5. The zero-order valence-electron chi connectivity index (χ0n) is 17.9. The Morgan fingerprint density at radius 2 is 2.06 bits per heavy atom. The third-order valence-electron chi connectivity index (χ3n) is 7.08. The molecule has 2 N–H and O–H groups in total. The highest BCUT2D eigenvalue weighted by Gasteiger charge is 2.67. The molecule has 2 saturated carbocycles. The molecule has 2 heterocycles. The number of carbonyl (C=O) groups excluding carboxylic acids is 2. The van der Waals surface area contributed by atoms with Gasteiger partial charge in [0.25, 0.3) is 0 Å². The molecule has 0 unspecified atom stereocenters. The van der Waals surface area contributed by atoms with Crippen LogP contribution in [0.25, 0.3) is 0 Å². The van der Waals surface area contributed by atoms with Crippen molar-refractivity contribution in [2.45, 2.75) is 68.9 Å². The Balaban J connectivity index is 1.70. The van der Waals surface area contributed by atoms with Crippen LogP contribution in [0.3, 0.4) is 0 Å². The molecule has 9 heteroatoms. The normalized spacial score (nSPS) is 43.2. The van der Waals surface area contributed by atoms with E-state index in [0.717, 1.165) is 5.57 Å². The van der Waals surface area contributed by atoms with Gasteiger partial charge in [-0.25, -0.2) is 9.59 Å². The molecule has 8 atom stereocenters. The summed E-state index contributed by atoms with van der Waals surface area (Å²) < 4.78 is 23.1. The first-order chi connectivity index (χ1) is 14.3. The van der Waals surface area contributed by atoms with E-state index in [1.807, 2.05) is 0 Å². The van der Waals surface area contributed by atoms with Crippen molar-refractivity contribution in [3.8, 4) is 0 Å². The second kappa shape index (κ2) is 7.28. The lowest BCUT2D eigenvalue weighted by Crippen LogP contribution is -2.60. The lowest BCUT2D eigenvalue weighted by Gasteiger charge is -2.46. The molecule has 31 heavy (non-hydrogen) atoms. The average Bonchev–Trinajstić information content (AvgIpc) is 3.09. The van der Waals surface area contributed by atoms with Crippen molar-refractivity contribution >= 4 is 23.5 Å². The summed E-state index contributed by atoms with van der Waals surface area (Å²) in [6, 6.07) is 0. The minimum atomic E-state index is -1.88. The predicted molar refractivity (Wildman–Crippen MR) is 109 cm³/mol. The molecule has 2 saturated heterocycles. The number of aliphatic hydroxyl groups is 2. The molecule has 0 bridgehead atoms. The smallest absolute Gasteiger partial charge is 0.339 e. The molecule has 4 aliphatic rings. The monoisotopic (exact) mass is 456 g/mol. The highest BCUT2D eigenvalue weighted by atomic mass is 35.5. The minimum absolute atomic E-state index is 0.0117. The maximum Gasteiger partial charge on any atom is 0.339 e. The van der Waals surface area contributed by atoms with Crippen LogP contribution in [0.4, 0.5) is 0 Å². The first-order valence-corrected chi connectivity index (χ1v) is 11.0. The van der Waals surface area contributed by atoms with E-state index in [-0.39, 0.29) is 30.4 Å². The fourth-order valence-corrected chi connectivity index (χ4v) is 5.50. The lowest BCUT2D eigenvalue weighted by atomic mass is 9.76. The van der Waals surface area contributed by atoms with Gasteiger partial charge >= 0.3 is 11.9 Å². The quantitative estimate of drug-likeness (QED) is 0.284. The summed E-state index contributed by atoms with van der Waals surface area (Å²) in [7, 11) is 0. The third kappa shape index (κ3) is 3.53. The van der Waals surface area contributed by atoms with Crippen LogP contribution >= 0.6 is 11.6 Å². The fraction of sp³-hybridized carbons (Fsp3) is 0.727. The van der Waals surface area contributed by atoms with Gasteiger partial charge in [0.2, 0.25) is 0 Å². The molecule has 0 aromatic rings. The van der Waals surface area contributed by atoms with Crippen molar-refractivity contribution in [2.75, 3.05) is 12.5 Å². The van der Waals surface area contributed by atoms with Gasteiger partial charge in [-0.1, -0.05) is 18.7 Å². The zero-order chi connectivity index (χ0) is 22.9. The summed E-state index contributed by atoms with van der Waals surface area (Å²) in [5, 5.41) is 21.9. The minimum Gasteiger partial charge on any atom is -0.459 e. The number of carbonyl (C=O) groups is 2. The van der Waals surface area contributed by atoms with Gasteiger partial charge in [-0.3, -0.25) is 0 Å². The summed E-state index contributed by atoms with van der Waals surface area (Å²) >= 11 is 5.70. The third-order valence-corrected chi connectivity index (χ3v) is 7.60. The molecule has 4 rings (SSSR count). The highest BCUT2D eigenvalue weighted by Crippen LogP contribution is 2.57. The zero-order valence-corrected chi connectivity index (χ0v) is 18.7. The van der Waals surface area contributed by atoms with Gasteiger partial charge < -0.3 is 29.2 Å². The van der Waals surface area contributed by atoms with Gasteiger partial charge in [-0.05, 0) is 33.1 Å². The molecule has 0 aromatic carbocycles. The van der Waals surface area contributed by atoms with Crippen LogP contribution in [-0.2, 0) is 28.5 Å². The van der Waals surface area contributed by atoms with E-state index >= 15 is 0 Å². The molecular formula is C22H29ClO8. The molecule has 8 nitrogen and oxygen atoms in total. The van der Waals surface area contributed by atoms with Crippen LogP contribution in [-0.4, -0.2) is 69.9 Å². The number of esters is 2. The first kappa shape index (κ1) is 22.7. The molecule has 2 aliphatic heterocycles. The second-order valence-electron chi connectivity index (χ2n) is 9.79. The van der Waals surface area contributed by atoms with Crippen molar-refractivity contribution in [3.63, 3.8) is 0 Å².